The van der Waals surface area contributed by atoms with Crippen molar-refractivity contribution in [3.63, 3.8) is 0 Å². The van der Waals surface area contributed by atoms with E-state index in [1.165, 1.54) is 18.2 Å². The van der Waals surface area contributed by atoms with Gasteiger partial charge in [-0.15, -0.1) is 0 Å². The molecule has 5 aromatic rings. The summed E-state index contributed by atoms with van der Waals surface area (Å²) in [5, 5.41) is 3.66. The highest BCUT2D eigenvalue weighted by atomic mass is 16.1. The Labute approximate surface area is 241 Å². The molecule has 1 aromatic carbocycles. The number of fused-ring (bicyclic) bond motifs is 2. The van der Waals surface area contributed by atoms with E-state index in [4.69, 9.17) is 5.73 Å². The molecule has 0 saturated carbocycles. The van der Waals surface area contributed by atoms with Gasteiger partial charge in [0.15, 0.2) is 22.9 Å². The highest BCUT2D eigenvalue weighted by Gasteiger charge is 2.22. The van der Waals surface area contributed by atoms with Crippen LogP contribution in [0.25, 0.3) is 22.3 Å². The molecule has 2 fully saturated rings. The Balaban J connectivity index is 0.000000162. The summed E-state index contributed by atoms with van der Waals surface area (Å²) in [5.74, 6) is 1.59. The second-order valence-electron chi connectivity index (χ2n) is 10.8. The number of nitrogens with one attached hydrogen (secondary N) is 5. The van der Waals surface area contributed by atoms with Crippen molar-refractivity contribution in [3.05, 3.63) is 69.5 Å². The number of H-pyrrole nitrogens is 4. The zero-order chi connectivity index (χ0) is 28.9. The SMILES string of the molecule is NC1CCN(c2ncnc3[nH]c(=O)[nH]c23)CC1.O=c1[nH]c2ncnc(N3CCC(NCCc4ccccc4)CC3)c2[nH]1. The van der Waals surface area contributed by atoms with Crippen LogP contribution in [0.15, 0.2) is 52.6 Å². The summed E-state index contributed by atoms with van der Waals surface area (Å²) in [6.45, 7) is 4.56. The molecule has 42 heavy (non-hydrogen) atoms. The minimum atomic E-state index is -0.254. The van der Waals surface area contributed by atoms with Crippen LogP contribution >= 0.6 is 0 Å². The van der Waals surface area contributed by atoms with E-state index in [0.29, 0.717) is 28.4 Å². The number of rotatable bonds is 6. The minimum absolute atomic E-state index is 0.241. The van der Waals surface area contributed by atoms with Gasteiger partial charge < -0.3 is 30.8 Å². The molecule has 220 valence electrons. The molecular formula is C28H36N12O2. The van der Waals surface area contributed by atoms with Crippen molar-refractivity contribution in [1.29, 1.82) is 0 Å². The van der Waals surface area contributed by atoms with Crippen molar-refractivity contribution in [2.45, 2.75) is 44.2 Å². The van der Waals surface area contributed by atoms with Crippen molar-refractivity contribution in [2.24, 2.45) is 5.73 Å². The van der Waals surface area contributed by atoms with Gasteiger partial charge in [0.1, 0.15) is 23.7 Å². The Hall–Kier alpha value is -4.56. The molecule has 2 saturated heterocycles. The zero-order valence-electron chi connectivity index (χ0n) is 23.3. The molecule has 0 radical (unpaired) electrons. The average Bonchev–Trinajstić information content (AvgIpc) is 3.59. The summed E-state index contributed by atoms with van der Waals surface area (Å²) in [7, 11) is 0. The Morgan fingerprint density at radius 2 is 1.26 bits per heavy atom. The Kier molecular flexibility index (Phi) is 8.23. The number of hydrogen-bond donors (Lipinski definition) is 6. The molecule has 0 aliphatic carbocycles. The molecule has 0 bridgehead atoms. The van der Waals surface area contributed by atoms with Crippen LogP contribution < -0.4 is 32.2 Å². The first-order valence-electron chi connectivity index (χ1n) is 14.4. The van der Waals surface area contributed by atoms with Gasteiger partial charge in [-0.05, 0) is 44.2 Å². The number of hydrogen-bond acceptors (Lipinski definition) is 10. The number of piperidine rings is 2. The summed E-state index contributed by atoms with van der Waals surface area (Å²) in [4.78, 5) is 54.7. The predicted octanol–water partition coefficient (Wildman–Crippen LogP) is 1.02. The van der Waals surface area contributed by atoms with Crippen LogP contribution in [0.5, 0.6) is 0 Å². The molecule has 0 spiro atoms. The van der Waals surface area contributed by atoms with Gasteiger partial charge in [0.2, 0.25) is 0 Å². The summed E-state index contributed by atoms with van der Waals surface area (Å²) in [6, 6.07) is 11.4. The molecule has 2 aliphatic rings. The van der Waals surface area contributed by atoms with E-state index in [-0.39, 0.29) is 17.4 Å². The third-order valence-corrected chi connectivity index (χ3v) is 7.92. The first-order valence-corrected chi connectivity index (χ1v) is 14.4. The summed E-state index contributed by atoms with van der Waals surface area (Å²) in [5.41, 5.74) is 9.23. The van der Waals surface area contributed by atoms with Crippen molar-refractivity contribution >= 4 is 34.0 Å². The quantitative estimate of drug-likeness (QED) is 0.171. The van der Waals surface area contributed by atoms with E-state index in [0.717, 1.165) is 76.5 Å². The van der Waals surface area contributed by atoms with E-state index in [1.807, 2.05) is 0 Å². The Morgan fingerprint density at radius 3 is 1.81 bits per heavy atom. The monoisotopic (exact) mass is 572 g/mol. The van der Waals surface area contributed by atoms with Gasteiger partial charge in [-0.2, -0.15) is 0 Å². The normalized spacial score (nSPS) is 16.6. The third kappa shape index (κ3) is 6.34. The van der Waals surface area contributed by atoms with E-state index in [9.17, 15) is 9.59 Å². The lowest BCUT2D eigenvalue weighted by atomic mass is 10.0. The van der Waals surface area contributed by atoms with Crippen LogP contribution in [0, 0.1) is 0 Å². The van der Waals surface area contributed by atoms with Gasteiger partial charge in [-0.3, -0.25) is 9.97 Å². The fourth-order valence-corrected chi connectivity index (χ4v) is 5.63. The molecule has 0 atom stereocenters. The van der Waals surface area contributed by atoms with Crippen LogP contribution in [-0.4, -0.2) is 84.7 Å². The maximum atomic E-state index is 11.5. The highest BCUT2D eigenvalue weighted by molar-refractivity contribution is 5.83. The third-order valence-electron chi connectivity index (χ3n) is 7.92. The van der Waals surface area contributed by atoms with Crippen molar-refractivity contribution in [2.75, 3.05) is 42.5 Å². The summed E-state index contributed by atoms with van der Waals surface area (Å²) < 4.78 is 0. The summed E-state index contributed by atoms with van der Waals surface area (Å²) in [6.07, 6.45) is 8.05. The second-order valence-corrected chi connectivity index (χ2v) is 10.8. The Morgan fingerprint density at radius 1 is 0.738 bits per heavy atom. The van der Waals surface area contributed by atoms with Gasteiger partial charge in [0, 0.05) is 38.3 Å². The number of anilines is 2. The van der Waals surface area contributed by atoms with Crippen LogP contribution in [0.1, 0.15) is 31.2 Å². The standard InChI is InChI=1S/C18H22N6O.C10H14N6O/c25-18-22-15-16(23-18)20-12-21-17(15)24-10-7-14(8-11-24)19-9-6-13-4-2-1-3-5-13;11-6-1-3-16(4-2-6)9-7-8(12-5-13-9)15-10(17)14-7/h1-5,12,14,19H,6-11H2,(H2,20,21,22,23,25);5-6H,1-4,11H2,(H2,12,13,14,15,17). The molecule has 14 heteroatoms. The van der Waals surface area contributed by atoms with E-state index < -0.39 is 0 Å². The van der Waals surface area contributed by atoms with Gasteiger partial charge in [-0.25, -0.2) is 29.5 Å². The molecule has 7 rings (SSSR count). The summed E-state index contributed by atoms with van der Waals surface area (Å²) >= 11 is 0. The van der Waals surface area contributed by atoms with E-state index in [2.05, 4.69) is 85.3 Å². The maximum absolute atomic E-state index is 11.5. The Bertz CT molecular complexity index is 1710. The maximum Gasteiger partial charge on any atom is 0.325 e. The van der Waals surface area contributed by atoms with Gasteiger partial charge in [-0.1, -0.05) is 30.3 Å². The van der Waals surface area contributed by atoms with E-state index >= 15 is 0 Å². The highest BCUT2D eigenvalue weighted by Crippen LogP contribution is 2.23. The predicted molar refractivity (Wildman–Crippen MR) is 162 cm³/mol. The molecule has 0 amide bonds. The minimum Gasteiger partial charge on any atom is -0.355 e. The second kappa shape index (κ2) is 12.5. The van der Waals surface area contributed by atoms with Crippen LogP contribution in [0.4, 0.5) is 11.6 Å². The fraction of sp³-hybridized carbons (Fsp3) is 0.429. The molecule has 14 nitrogen and oxygen atoms in total. The number of aromatic amines is 4. The first kappa shape index (κ1) is 27.6. The van der Waals surface area contributed by atoms with Crippen LogP contribution in [-0.2, 0) is 6.42 Å². The smallest absolute Gasteiger partial charge is 0.325 e. The largest absolute Gasteiger partial charge is 0.355 e. The average molecular weight is 573 g/mol. The van der Waals surface area contributed by atoms with Gasteiger partial charge in [0.25, 0.3) is 0 Å². The lowest BCUT2D eigenvalue weighted by Gasteiger charge is -2.33. The lowest BCUT2D eigenvalue weighted by Crippen LogP contribution is -2.43. The number of nitrogens with zero attached hydrogens (tertiary/aromatic N) is 6. The van der Waals surface area contributed by atoms with Gasteiger partial charge in [0.05, 0.1) is 0 Å². The number of aromatic nitrogens is 8. The molecule has 7 N–H and O–H groups in total. The van der Waals surface area contributed by atoms with Crippen molar-refractivity contribution < 1.29 is 0 Å². The number of imidazole rings is 2. The molecule has 6 heterocycles. The lowest BCUT2D eigenvalue weighted by molar-refractivity contribution is 0.416. The zero-order valence-corrected chi connectivity index (χ0v) is 23.3. The number of benzene rings is 1. The molecule has 2 aliphatic heterocycles. The number of nitrogens with two attached hydrogens (primary N) is 1. The van der Waals surface area contributed by atoms with Crippen LogP contribution in [0.2, 0.25) is 0 Å². The topological polar surface area (TPSA) is 193 Å². The van der Waals surface area contributed by atoms with Crippen molar-refractivity contribution in [1.82, 2.24) is 45.2 Å². The fourth-order valence-electron chi connectivity index (χ4n) is 5.63. The van der Waals surface area contributed by atoms with Gasteiger partial charge >= 0.3 is 11.4 Å². The van der Waals surface area contributed by atoms with E-state index in [1.54, 1.807) is 0 Å². The molecule has 0 unspecified atom stereocenters. The first-order chi connectivity index (χ1) is 20.5. The molecular weight excluding hydrogens is 536 g/mol. The molecule has 4 aromatic heterocycles. The van der Waals surface area contributed by atoms with Crippen molar-refractivity contribution in [3.8, 4) is 0 Å². The van der Waals surface area contributed by atoms with Crippen LogP contribution in [0.3, 0.4) is 0 Å².